The number of amides is 2. The average molecular weight is 558 g/mol. The number of nitrogens with one attached hydrogen (secondary N) is 4. The number of halogens is 5. The fraction of sp³-hybridized carbons (Fsp3) is 0.375. The zero-order valence-corrected chi connectivity index (χ0v) is 21.0. The lowest BCUT2D eigenvalue weighted by Crippen LogP contribution is -2.63. The van der Waals surface area contributed by atoms with Gasteiger partial charge < -0.3 is 20.9 Å². The van der Waals surface area contributed by atoms with Crippen molar-refractivity contribution < 1.29 is 27.2 Å². The predicted octanol–water partition coefficient (Wildman–Crippen LogP) is 4.06. The van der Waals surface area contributed by atoms with Crippen LogP contribution in [0.1, 0.15) is 24.0 Å². The third-order valence-electron chi connectivity index (χ3n) is 6.15. The number of fused-ring (bicyclic) bond motifs is 1. The third-order valence-corrected chi connectivity index (χ3v) is 7.56. The summed E-state index contributed by atoms with van der Waals surface area (Å²) < 4.78 is 52.1. The van der Waals surface area contributed by atoms with Crippen molar-refractivity contribution in [2.75, 3.05) is 25.4 Å². The number of thioether (sulfide) groups is 1. The topological polar surface area (TPSA) is 98.9 Å². The first-order valence-electron chi connectivity index (χ1n) is 11.5. The summed E-state index contributed by atoms with van der Waals surface area (Å²) in [6, 6.07) is 5.22. The maximum atomic E-state index is 13.6. The SMILES string of the molecule is O=C(CSc1ncc(C(F)(F)F)cc1Cl)NC1(C(=O)NCCc2c[nH]c3ccc(F)cc23)CCNCC1. The minimum Gasteiger partial charge on any atom is -0.361 e. The molecule has 13 heteroatoms. The van der Waals surface area contributed by atoms with Gasteiger partial charge in [-0.15, -0.1) is 0 Å². The predicted molar refractivity (Wildman–Crippen MR) is 133 cm³/mol. The molecule has 1 saturated heterocycles. The summed E-state index contributed by atoms with van der Waals surface area (Å²) in [7, 11) is 0. The van der Waals surface area contributed by atoms with Crippen molar-refractivity contribution in [1.29, 1.82) is 0 Å². The zero-order valence-electron chi connectivity index (χ0n) is 19.5. The van der Waals surface area contributed by atoms with Crippen molar-refractivity contribution in [2.45, 2.75) is 36.0 Å². The summed E-state index contributed by atoms with van der Waals surface area (Å²) in [5, 5.41) is 9.48. The molecule has 1 aromatic carbocycles. The number of nitrogens with zero attached hydrogens (tertiary/aromatic N) is 1. The number of carbonyl (C=O) groups is 2. The van der Waals surface area contributed by atoms with Crippen LogP contribution in [0, 0.1) is 5.82 Å². The number of piperidine rings is 1. The molecule has 0 atom stereocenters. The van der Waals surface area contributed by atoms with Crippen LogP contribution in [0.15, 0.2) is 41.7 Å². The number of hydrogen-bond acceptors (Lipinski definition) is 5. The summed E-state index contributed by atoms with van der Waals surface area (Å²) in [5.74, 6) is -1.32. The molecule has 0 aliphatic carbocycles. The molecule has 0 radical (unpaired) electrons. The second-order valence-corrected chi connectivity index (χ2v) is 10.1. The van der Waals surface area contributed by atoms with Gasteiger partial charge in [0.05, 0.1) is 16.3 Å². The molecule has 2 amide bonds. The summed E-state index contributed by atoms with van der Waals surface area (Å²) >= 11 is 6.81. The van der Waals surface area contributed by atoms with Crippen molar-refractivity contribution in [3.8, 4) is 0 Å². The van der Waals surface area contributed by atoms with E-state index in [0.29, 0.717) is 38.5 Å². The summed E-state index contributed by atoms with van der Waals surface area (Å²) in [6.07, 6.45) is -0.937. The molecule has 3 heterocycles. The van der Waals surface area contributed by atoms with Crippen LogP contribution in [0.5, 0.6) is 0 Å². The Labute approximate surface area is 219 Å². The van der Waals surface area contributed by atoms with Crippen LogP contribution in [0.3, 0.4) is 0 Å². The number of rotatable bonds is 8. The van der Waals surface area contributed by atoms with E-state index in [1.165, 1.54) is 12.1 Å². The van der Waals surface area contributed by atoms with Gasteiger partial charge in [0, 0.05) is 29.8 Å². The van der Waals surface area contributed by atoms with Gasteiger partial charge in [-0.1, -0.05) is 23.4 Å². The first-order chi connectivity index (χ1) is 17.6. The van der Waals surface area contributed by atoms with Crippen LogP contribution in [0.25, 0.3) is 10.9 Å². The Kier molecular flexibility index (Phi) is 8.29. The monoisotopic (exact) mass is 557 g/mol. The maximum Gasteiger partial charge on any atom is 0.417 e. The highest BCUT2D eigenvalue weighted by atomic mass is 35.5. The van der Waals surface area contributed by atoms with Gasteiger partial charge in [-0.25, -0.2) is 9.37 Å². The lowest BCUT2D eigenvalue weighted by molar-refractivity contribution is -0.137. The lowest BCUT2D eigenvalue weighted by atomic mass is 9.87. The van der Waals surface area contributed by atoms with E-state index < -0.39 is 23.2 Å². The molecule has 1 aliphatic heterocycles. The van der Waals surface area contributed by atoms with E-state index in [4.69, 9.17) is 11.6 Å². The van der Waals surface area contributed by atoms with Gasteiger partial charge in [-0.05, 0) is 62.2 Å². The Bertz CT molecular complexity index is 1290. The highest BCUT2D eigenvalue weighted by Gasteiger charge is 2.40. The number of benzene rings is 1. The van der Waals surface area contributed by atoms with E-state index in [0.717, 1.165) is 34.3 Å². The maximum absolute atomic E-state index is 13.6. The van der Waals surface area contributed by atoms with Crippen LogP contribution >= 0.6 is 23.4 Å². The van der Waals surface area contributed by atoms with Crippen LogP contribution in [0.2, 0.25) is 5.02 Å². The van der Waals surface area contributed by atoms with E-state index in [1.54, 1.807) is 12.3 Å². The molecule has 37 heavy (non-hydrogen) atoms. The van der Waals surface area contributed by atoms with Gasteiger partial charge >= 0.3 is 6.18 Å². The first kappa shape index (κ1) is 27.2. The molecule has 4 rings (SSSR count). The number of carbonyl (C=O) groups excluding carboxylic acids is 2. The molecular weight excluding hydrogens is 534 g/mol. The number of H-pyrrole nitrogens is 1. The van der Waals surface area contributed by atoms with Crippen LogP contribution < -0.4 is 16.0 Å². The molecule has 0 saturated carbocycles. The Hall–Kier alpha value is -2.83. The van der Waals surface area contributed by atoms with Crippen molar-refractivity contribution in [1.82, 2.24) is 25.9 Å². The molecule has 0 unspecified atom stereocenters. The standard InChI is InChI=1S/C24H24ClF4N5O2S/c25-18-9-15(24(27,28)29)12-33-21(18)37-13-20(35)34-23(4-7-30-8-5-23)22(36)31-6-3-14-11-32-19-2-1-16(26)10-17(14)19/h1-2,9-12,30,32H,3-8,13H2,(H,31,36)(H,34,35). The fourth-order valence-corrected chi connectivity index (χ4v) is 5.22. The quantitative estimate of drug-likeness (QED) is 0.247. The normalized spacial score (nSPS) is 15.5. The number of pyridine rings is 1. The van der Waals surface area contributed by atoms with Gasteiger partial charge in [0.15, 0.2) is 0 Å². The number of aromatic nitrogens is 2. The molecule has 3 aromatic rings. The highest BCUT2D eigenvalue weighted by Crippen LogP contribution is 2.33. The molecule has 0 spiro atoms. The summed E-state index contributed by atoms with van der Waals surface area (Å²) in [4.78, 5) is 32.7. The molecule has 1 aliphatic rings. The third kappa shape index (κ3) is 6.55. The number of hydrogen-bond donors (Lipinski definition) is 4. The van der Waals surface area contributed by atoms with Crippen LogP contribution in [-0.2, 0) is 22.2 Å². The lowest BCUT2D eigenvalue weighted by Gasteiger charge is -2.37. The van der Waals surface area contributed by atoms with Crippen molar-refractivity contribution >= 4 is 46.1 Å². The smallest absolute Gasteiger partial charge is 0.361 e. The fourth-order valence-electron chi connectivity index (χ4n) is 4.22. The van der Waals surface area contributed by atoms with E-state index in [2.05, 4.69) is 25.9 Å². The highest BCUT2D eigenvalue weighted by molar-refractivity contribution is 8.00. The second-order valence-electron chi connectivity index (χ2n) is 8.69. The molecular formula is C24H24ClF4N5O2S. The average Bonchev–Trinajstić information content (AvgIpc) is 3.25. The van der Waals surface area contributed by atoms with Gasteiger partial charge in [0.2, 0.25) is 11.8 Å². The molecule has 0 bridgehead atoms. The zero-order chi connectivity index (χ0) is 26.6. The molecule has 7 nitrogen and oxygen atoms in total. The number of aromatic amines is 1. The van der Waals surface area contributed by atoms with Gasteiger partial charge in [0.25, 0.3) is 0 Å². The Morgan fingerprint density at radius 1 is 1.19 bits per heavy atom. The van der Waals surface area contributed by atoms with E-state index in [1.807, 2.05) is 0 Å². The van der Waals surface area contributed by atoms with Gasteiger partial charge in [0.1, 0.15) is 16.4 Å². The minimum atomic E-state index is -4.57. The van der Waals surface area contributed by atoms with Crippen molar-refractivity contribution in [3.63, 3.8) is 0 Å². The van der Waals surface area contributed by atoms with E-state index >= 15 is 0 Å². The summed E-state index contributed by atoms with van der Waals surface area (Å²) in [6.45, 7) is 1.33. The Morgan fingerprint density at radius 3 is 2.65 bits per heavy atom. The van der Waals surface area contributed by atoms with Crippen LogP contribution in [-0.4, -0.2) is 52.7 Å². The second kappa shape index (κ2) is 11.3. The van der Waals surface area contributed by atoms with Crippen molar-refractivity contribution in [2.24, 2.45) is 0 Å². The summed E-state index contributed by atoms with van der Waals surface area (Å²) in [5.41, 5.74) is -0.457. The van der Waals surface area contributed by atoms with E-state index in [-0.39, 0.29) is 34.1 Å². The largest absolute Gasteiger partial charge is 0.417 e. The van der Waals surface area contributed by atoms with E-state index in [9.17, 15) is 27.2 Å². The molecule has 2 aromatic heterocycles. The Morgan fingerprint density at radius 2 is 1.95 bits per heavy atom. The molecule has 198 valence electrons. The van der Waals surface area contributed by atoms with Gasteiger partial charge in [-0.3, -0.25) is 9.59 Å². The number of alkyl halides is 3. The van der Waals surface area contributed by atoms with Gasteiger partial charge in [-0.2, -0.15) is 13.2 Å². The molecule has 4 N–H and O–H groups in total. The first-order valence-corrected chi connectivity index (χ1v) is 12.8. The molecule has 1 fully saturated rings. The minimum absolute atomic E-state index is 0.0868. The van der Waals surface area contributed by atoms with Crippen LogP contribution in [0.4, 0.5) is 17.6 Å². The Balaban J connectivity index is 1.36. The van der Waals surface area contributed by atoms with Crippen molar-refractivity contribution in [3.05, 3.63) is 58.6 Å².